The largest absolute Gasteiger partial charge is 0.493 e. The predicted molar refractivity (Wildman–Crippen MR) is 57.2 cm³/mol. The number of benzene rings is 1. The highest BCUT2D eigenvalue weighted by molar-refractivity contribution is 6.00. The molecule has 0 N–H and O–H groups in total. The summed E-state index contributed by atoms with van der Waals surface area (Å²) in [7, 11) is 0. The van der Waals surface area contributed by atoms with Gasteiger partial charge in [-0.1, -0.05) is 26.0 Å². The highest BCUT2D eigenvalue weighted by atomic mass is 19.4. The van der Waals surface area contributed by atoms with Crippen molar-refractivity contribution in [2.24, 2.45) is 5.92 Å². The second kappa shape index (κ2) is 5.21. The number of carbonyl (C=O) groups is 1. The Balaban J connectivity index is 2.83. The van der Waals surface area contributed by atoms with Crippen molar-refractivity contribution in [2.45, 2.75) is 20.0 Å². The molecule has 0 radical (unpaired) electrons. The van der Waals surface area contributed by atoms with Gasteiger partial charge in [0.15, 0.2) is 0 Å². The molecule has 0 aliphatic carbocycles. The summed E-state index contributed by atoms with van der Waals surface area (Å²) < 4.78 is 41.8. The van der Waals surface area contributed by atoms with Crippen LogP contribution < -0.4 is 4.74 Å². The van der Waals surface area contributed by atoms with Gasteiger partial charge in [0, 0.05) is 5.56 Å². The fraction of sp³-hybridized carbons (Fsp3) is 0.417. The minimum atomic E-state index is -4.85. The Kier molecular flexibility index (Phi) is 4.15. The zero-order valence-corrected chi connectivity index (χ0v) is 9.54. The summed E-state index contributed by atoms with van der Waals surface area (Å²) in [4.78, 5) is 11.0. The summed E-state index contributed by atoms with van der Waals surface area (Å²) in [5.74, 6) is -1.32. The van der Waals surface area contributed by atoms with Crippen LogP contribution in [0.1, 0.15) is 24.2 Å². The van der Waals surface area contributed by atoms with Crippen LogP contribution in [0.25, 0.3) is 0 Å². The van der Waals surface area contributed by atoms with Crippen LogP contribution in [-0.2, 0) is 0 Å². The van der Waals surface area contributed by atoms with Crippen molar-refractivity contribution < 1.29 is 22.7 Å². The first-order chi connectivity index (χ1) is 7.80. The summed E-state index contributed by atoms with van der Waals surface area (Å²) >= 11 is 0. The Morgan fingerprint density at radius 2 is 2.00 bits per heavy atom. The van der Waals surface area contributed by atoms with Gasteiger partial charge < -0.3 is 4.74 Å². The Hall–Kier alpha value is -1.52. The van der Waals surface area contributed by atoms with Gasteiger partial charge in [-0.2, -0.15) is 13.2 Å². The molecule has 0 heterocycles. The van der Waals surface area contributed by atoms with E-state index >= 15 is 0 Å². The molecular weight excluding hydrogens is 233 g/mol. The van der Waals surface area contributed by atoms with Crippen molar-refractivity contribution in [3.63, 3.8) is 0 Å². The van der Waals surface area contributed by atoms with Gasteiger partial charge >= 0.3 is 6.18 Å². The van der Waals surface area contributed by atoms with E-state index in [1.807, 2.05) is 13.8 Å². The zero-order valence-electron chi connectivity index (χ0n) is 9.54. The zero-order chi connectivity index (χ0) is 13.1. The molecule has 0 unspecified atom stereocenters. The van der Waals surface area contributed by atoms with Gasteiger partial charge in [-0.3, -0.25) is 4.79 Å². The first kappa shape index (κ1) is 13.5. The minimum absolute atomic E-state index is 0.261. The molecule has 0 amide bonds. The van der Waals surface area contributed by atoms with E-state index in [9.17, 15) is 18.0 Å². The van der Waals surface area contributed by atoms with Crippen molar-refractivity contribution in [2.75, 3.05) is 6.61 Å². The standard InChI is InChI=1S/C12H13F3O2/c1-8(2)7-17-10-5-3-4-9(6-10)11(16)12(13,14)15/h3-6,8H,7H2,1-2H3. The summed E-state index contributed by atoms with van der Waals surface area (Å²) in [6.07, 6.45) is -4.85. The van der Waals surface area contributed by atoms with Gasteiger partial charge in [0.05, 0.1) is 6.61 Å². The Labute approximate surface area is 97.4 Å². The number of alkyl halides is 3. The third-order valence-corrected chi connectivity index (χ3v) is 1.94. The molecule has 1 rings (SSSR count). The maximum Gasteiger partial charge on any atom is 0.454 e. The number of Topliss-reactive ketones (excluding diaryl/α,β-unsaturated/α-hetero) is 1. The summed E-state index contributed by atoms with van der Waals surface area (Å²) in [5, 5.41) is 0. The highest BCUT2D eigenvalue weighted by Gasteiger charge is 2.39. The summed E-state index contributed by atoms with van der Waals surface area (Å²) in [6, 6.07) is 5.13. The van der Waals surface area contributed by atoms with Gasteiger partial charge in [-0.25, -0.2) is 0 Å². The van der Waals surface area contributed by atoms with Crippen molar-refractivity contribution >= 4 is 5.78 Å². The average Bonchev–Trinajstić information content (AvgIpc) is 2.24. The average molecular weight is 246 g/mol. The maximum absolute atomic E-state index is 12.2. The van der Waals surface area contributed by atoms with Crippen LogP contribution in [-0.4, -0.2) is 18.6 Å². The quantitative estimate of drug-likeness (QED) is 0.760. The molecule has 0 spiro atoms. The second-order valence-electron chi connectivity index (χ2n) is 4.06. The van der Waals surface area contributed by atoms with Gasteiger partial charge in [0.25, 0.3) is 5.78 Å². The van der Waals surface area contributed by atoms with Crippen molar-refractivity contribution in [3.8, 4) is 5.75 Å². The normalized spacial score (nSPS) is 11.6. The first-order valence-corrected chi connectivity index (χ1v) is 5.15. The molecule has 94 valence electrons. The molecule has 0 saturated carbocycles. The predicted octanol–water partition coefficient (Wildman–Crippen LogP) is 3.47. The van der Waals surface area contributed by atoms with E-state index in [-0.39, 0.29) is 11.7 Å². The van der Waals surface area contributed by atoms with Crippen LogP contribution in [0.15, 0.2) is 24.3 Å². The van der Waals surface area contributed by atoms with E-state index in [2.05, 4.69) is 0 Å². The van der Waals surface area contributed by atoms with Gasteiger partial charge in [0.2, 0.25) is 0 Å². The van der Waals surface area contributed by atoms with Crippen molar-refractivity contribution in [1.29, 1.82) is 0 Å². The fourth-order valence-corrected chi connectivity index (χ4v) is 1.15. The molecule has 0 bridgehead atoms. The second-order valence-corrected chi connectivity index (χ2v) is 4.06. The number of halogens is 3. The molecule has 0 fully saturated rings. The van der Waals surface area contributed by atoms with Crippen LogP contribution in [0.3, 0.4) is 0 Å². The lowest BCUT2D eigenvalue weighted by Crippen LogP contribution is -2.22. The molecule has 5 heteroatoms. The van der Waals surface area contributed by atoms with E-state index < -0.39 is 17.5 Å². The molecule has 1 aromatic rings. The highest BCUT2D eigenvalue weighted by Crippen LogP contribution is 2.23. The van der Waals surface area contributed by atoms with E-state index in [0.29, 0.717) is 6.61 Å². The number of hydrogen-bond donors (Lipinski definition) is 0. The third kappa shape index (κ3) is 4.09. The Morgan fingerprint density at radius 3 is 2.53 bits per heavy atom. The van der Waals surface area contributed by atoms with Crippen LogP contribution in [0.2, 0.25) is 0 Å². The van der Waals surface area contributed by atoms with Gasteiger partial charge in [0.1, 0.15) is 5.75 Å². The molecule has 1 aromatic carbocycles. The molecule has 0 saturated heterocycles. The third-order valence-electron chi connectivity index (χ3n) is 1.94. The van der Waals surface area contributed by atoms with E-state index in [1.165, 1.54) is 12.1 Å². The van der Waals surface area contributed by atoms with Crippen LogP contribution >= 0.6 is 0 Å². The van der Waals surface area contributed by atoms with Crippen LogP contribution in [0.4, 0.5) is 13.2 Å². The van der Waals surface area contributed by atoms with Crippen LogP contribution in [0, 0.1) is 5.92 Å². The van der Waals surface area contributed by atoms with Gasteiger partial charge in [-0.05, 0) is 18.1 Å². The topological polar surface area (TPSA) is 26.3 Å². The monoisotopic (exact) mass is 246 g/mol. The summed E-state index contributed by atoms with van der Waals surface area (Å²) in [6.45, 7) is 4.24. The maximum atomic E-state index is 12.2. The van der Waals surface area contributed by atoms with Crippen molar-refractivity contribution in [1.82, 2.24) is 0 Å². The lowest BCUT2D eigenvalue weighted by atomic mass is 10.1. The number of ether oxygens (including phenoxy) is 1. The molecule has 2 nitrogen and oxygen atoms in total. The SMILES string of the molecule is CC(C)COc1cccc(C(=O)C(F)(F)F)c1. The van der Waals surface area contributed by atoms with Gasteiger partial charge in [-0.15, -0.1) is 0 Å². The molecule has 17 heavy (non-hydrogen) atoms. The Bertz CT molecular complexity index is 397. The fourth-order valence-electron chi connectivity index (χ4n) is 1.15. The number of carbonyl (C=O) groups excluding carboxylic acids is 1. The number of hydrogen-bond acceptors (Lipinski definition) is 2. The van der Waals surface area contributed by atoms with E-state index in [1.54, 1.807) is 0 Å². The lowest BCUT2D eigenvalue weighted by Gasteiger charge is -2.10. The lowest BCUT2D eigenvalue weighted by molar-refractivity contribution is -0.0885. The molecule has 0 aromatic heterocycles. The number of rotatable bonds is 4. The number of ketones is 1. The molecule has 0 aliphatic heterocycles. The van der Waals surface area contributed by atoms with E-state index in [0.717, 1.165) is 12.1 Å². The van der Waals surface area contributed by atoms with Crippen LogP contribution in [0.5, 0.6) is 5.75 Å². The first-order valence-electron chi connectivity index (χ1n) is 5.15. The molecular formula is C12H13F3O2. The Morgan fingerprint density at radius 1 is 1.35 bits per heavy atom. The minimum Gasteiger partial charge on any atom is -0.493 e. The molecule has 0 atom stereocenters. The van der Waals surface area contributed by atoms with Crippen molar-refractivity contribution in [3.05, 3.63) is 29.8 Å². The summed E-state index contributed by atoms with van der Waals surface area (Å²) in [5.41, 5.74) is -0.404. The smallest absolute Gasteiger partial charge is 0.454 e. The molecule has 0 aliphatic rings. The van der Waals surface area contributed by atoms with E-state index in [4.69, 9.17) is 4.74 Å².